The molecule has 1 aliphatic heterocycles. The van der Waals surface area contributed by atoms with E-state index >= 15 is 0 Å². The molecule has 4 saturated carbocycles. The van der Waals surface area contributed by atoms with Crippen molar-refractivity contribution in [3.05, 3.63) is 11.6 Å². The van der Waals surface area contributed by atoms with E-state index in [2.05, 4.69) is 13.8 Å². The Hall–Kier alpha value is -0.910. The van der Waals surface area contributed by atoms with Crippen molar-refractivity contribution in [1.82, 2.24) is 0 Å². The zero-order valence-electron chi connectivity index (χ0n) is 17.1. The molecule has 4 unspecified atom stereocenters. The van der Waals surface area contributed by atoms with Gasteiger partial charge in [0.15, 0.2) is 0 Å². The topological polar surface area (TPSA) is 87.0 Å². The van der Waals surface area contributed by atoms with Gasteiger partial charge in [0.1, 0.15) is 6.61 Å². The molecule has 0 spiro atoms. The molecular weight excluding hydrogens is 356 g/mol. The van der Waals surface area contributed by atoms with Crippen LogP contribution in [-0.2, 0) is 9.53 Å². The van der Waals surface area contributed by atoms with Crippen LogP contribution in [0.4, 0.5) is 0 Å². The first kappa shape index (κ1) is 19.1. The number of rotatable bonds is 1. The summed E-state index contributed by atoms with van der Waals surface area (Å²) in [6.45, 7) is 4.75. The molecule has 1 heterocycles. The SMILES string of the molecule is C[C@]12CCC(O)CC1CC[C@]1(O)C2CC[C@]2(C)C(C3=CC(=O)OC3)CC[C@@]21O. The smallest absolute Gasteiger partial charge is 0.331 e. The van der Waals surface area contributed by atoms with Crippen LogP contribution in [0.5, 0.6) is 0 Å². The van der Waals surface area contributed by atoms with E-state index in [0.717, 1.165) is 50.5 Å². The van der Waals surface area contributed by atoms with Gasteiger partial charge in [0.05, 0.1) is 17.3 Å². The van der Waals surface area contributed by atoms with Crippen LogP contribution in [0.25, 0.3) is 0 Å². The van der Waals surface area contributed by atoms with Gasteiger partial charge in [0, 0.05) is 11.5 Å². The largest absolute Gasteiger partial charge is 0.458 e. The molecule has 0 amide bonds. The molecule has 5 rings (SSSR count). The molecule has 4 aliphatic carbocycles. The molecule has 0 aromatic heterocycles. The Morgan fingerprint density at radius 2 is 1.82 bits per heavy atom. The first-order chi connectivity index (χ1) is 13.1. The number of aliphatic hydroxyl groups excluding tert-OH is 1. The Morgan fingerprint density at radius 1 is 1.04 bits per heavy atom. The molecular formula is C23H34O5. The van der Waals surface area contributed by atoms with Crippen LogP contribution in [0, 0.1) is 28.6 Å². The van der Waals surface area contributed by atoms with Gasteiger partial charge in [0.25, 0.3) is 0 Å². The molecule has 5 nitrogen and oxygen atoms in total. The summed E-state index contributed by atoms with van der Waals surface area (Å²) in [5.41, 5.74) is -1.69. The standard InChI is InChI=1S/C23H34O5/c1-20-7-4-16(24)12-15(20)3-9-22(26)18(20)6-8-21(2)17(5-10-23(21,22)27)14-11-19(25)28-13-14/h11,15-18,24,26-27H,3-10,12-13H2,1-2H3/t15?,16?,17?,18?,20-,21+,22-,23+/m0/s1. The first-order valence-electron chi connectivity index (χ1n) is 11.1. The summed E-state index contributed by atoms with van der Waals surface area (Å²) < 4.78 is 5.16. The highest BCUT2D eigenvalue weighted by Crippen LogP contribution is 2.71. The third kappa shape index (κ3) is 2.16. The molecule has 28 heavy (non-hydrogen) atoms. The number of hydrogen-bond donors (Lipinski definition) is 3. The van der Waals surface area contributed by atoms with Gasteiger partial charge >= 0.3 is 5.97 Å². The molecule has 0 aromatic rings. The number of carbonyl (C=O) groups is 1. The first-order valence-corrected chi connectivity index (χ1v) is 11.1. The second-order valence-electron chi connectivity index (χ2n) is 10.9. The van der Waals surface area contributed by atoms with Crippen LogP contribution < -0.4 is 0 Å². The lowest BCUT2D eigenvalue weighted by molar-refractivity contribution is -0.296. The fourth-order valence-electron chi connectivity index (χ4n) is 8.45. The fraction of sp³-hybridized carbons (Fsp3) is 0.870. The normalized spacial score (nSPS) is 55.8. The van der Waals surface area contributed by atoms with Gasteiger partial charge in [-0.2, -0.15) is 0 Å². The molecule has 0 saturated heterocycles. The average molecular weight is 391 g/mol. The summed E-state index contributed by atoms with van der Waals surface area (Å²) in [5.74, 6) is 0.302. The summed E-state index contributed by atoms with van der Waals surface area (Å²) in [6.07, 6.45) is 8.55. The van der Waals surface area contributed by atoms with E-state index in [1.54, 1.807) is 6.08 Å². The van der Waals surface area contributed by atoms with E-state index < -0.39 is 16.6 Å². The van der Waals surface area contributed by atoms with Gasteiger partial charge in [-0.3, -0.25) is 0 Å². The Labute approximate surface area is 167 Å². The van der Waals surface area contributed by atoms with Crippen LogP contribution in [0.3, 0.4) is 0 Å². The Bertz CT molecular complexity index is 733. The van der Waals surface area contributed by atoms with Crippen molar-refractivity contribution >= 4 is 5.97 Å². The summed E-state index contributed by atoms with van der Waals surface area (Å²) >= 11 is 0. The predicted octanol–water partition coefficient (Wildman–Crippen LogP) is 2.72. The number of hydrogen-bond acceptors (Lipinski definition) is 5. The molecule has 3 N–H and O–H groups in total. The number of fused-ring (bicyclic) bond motifs is 5. The Kier molecular flexibility index (Phi) is 3.97. The zero-order valence-corrected chi connectivity index (χ0v) is 17.1. The summed E-state index contributed by atoms with van der Waals surface area (Å²) in [5, 5.41) is 34.4. The van der Waals surface area contributed by atoms with Crippen molar-refractivity contribution in [2.45, 2.75) is 88.9 Å². The van der Waals surface area contributed by atoms with Crippen molar-refractivity contribution in [2.24, 2.45) is 28.6 Å². The number of esters is 1. The van der Waals surface area contributed by atoms with Gasteiger partial charge in [0.2, 0.25) is 0 Å². The second kappa shape index (κ2) is 5.83. The quantitative estimate of drug-likeness (QED) is 0.599. The van der Waals surface area contributed by atoms with Gasteiger partial charge in [-0.25, -0.2) is 4.79 Å². The van der Waals surface area contributed by atoms with Gasteiger partial charge < -0.3 is 20.1 Å². The molecule has 5 aliphatic rings. The minimum absolute atomic E-state index is 0.0208. The molecule has 156 valence electrons. The number of carbonyl (C=O) groups excluding carboxylic acids is 1. The van der Waals surface area contributed by atoms with Crippen molar-refractivity contribution < 1.29 is 24.9 Å². The molecule has 0 aromatic carbocycles. The minimum atomic E-state index is -1.13. The molecule has 5 heteroatoms. The van der Waals surface area contributed by atoms with Crippen LogP contribution >= 0.6 is 0 Å². The lowest BCUT2D eigenvalue weighted by Crippen LogP contribution is -2.73. The lowest BCUT2D eigenvalue weighted by Gasteiger charge is -2.67. The highest BCUT2D eigenvalue weighted by atomic mass is 16.5. The van der Waals surface area contributed by atoms with Crippen LogP contribution in [-0.4, -0.2) is 45.2 Å². The van der Waals surface area contributed by atoms with Gasteiger partial charge in [-0.15, -0.1) is 0 Å². The van der Waals surface area contributed by atoms with Crippen molar-refractivity contribution in [2.75, 3.05) is 6.61 Å². The molecule has 0 bridgehead atoms. The third-order valence-corrected chi connectivity index (χ3v) is 10.1. The Morgan fingerprint density at radius 3 is 2.54 bits per heavy atom. The molecule has 8 atom stereocenters. The third-order valence-electron chi connectivity index (χ3n) is 10.1. The minimum Gasteiger partial charge on any atom is -0.458 e. The monoisotopic (exact) mass is 390 g/mol. The number of ether oxygens (including phenoxy) is 1. The van der Waals surface area contributed by atoms with Crippen molar-refractivity contribution in [3.8, 4) is 0 Å². The van der Waals surface area contributed by atoms with E-state index in [1.807, 2.05) is 0 Å². The van der Waals surface area contributed by atoms with E-state index in [0.29, 0.717) is 25.4 Å². The van der Waals surface area contributed by atoms with Crippen LogP contribution in [0.1, 0.15) is 71.6 Å². The van der Waals surface area contributed by atoms with Gasteiger partial charge in [-0.1, -0.05) is 13.8 Å². The van der Waals surface area contributed by atoms with E-state index in [9.17, 15) is 20.1 Å². The Balaban J connectivity index is 1.52. The molecule has 4 fully saturated rings. The maximum atomic E-state index is 12.1. The summed E-state index contributed by atoms with van der Waals surface area (Å²) in [6, 6.07) is 0. The predicted molar refractivity (Wildman–Crippen MR) is 103 cm³/mol. The highest BCUT2D eigenvalue weighted by molar-refractivity contribution is 5.85. The zero-order chi connectivity index (χ0) is 19.9. The maximum absolute atomic E-state index is 12.1. The number of aliphatic hydroxyl groups is 3. The summed E-state index contributed by atoms with van der Waals surface area (Å²) in [7, 11) is 0. The number of cyclic esters (lactones) is 1. The second-order valence-corrected chi connectivity index (χ2v) is 10.9. The fourth-order valence-corrected chi connectivity index (χ4v) is 8.45. The lowest BCUT2D eigenvalue weighted by atomic mass is 9.41. The molecule has 0 radical (unpaired) electrons. The van der Waals surface area contributed by atoms with Crippen LogP contribution in [0.15, 0.2) is 11.6 Å². The maximum Gasteiger partial charge on any atom is 0.331 e. The highest BCUT2D eigenvalue weighted by Gasteiger charge is 2.74. The van der Waals surface area contributed by atoms with Crippen molar-refractivity contribution in [1.29, 1.82) is 0 Å². The average Bonchev–Trinajstić information content (AvgIpc) is 3.18. The van der Waals surface area contributed by atoms with E-state index in [4.69, 9.17) is 4.74 Å². The van der Waals surface area contributed by atoms with Gasteiger partial charge in [-0.05, 0) is 86.5 Å². The van der Waals surface area contributed by atoms with E-state index in [-0.39, 0.29) is 29.3 Å². The van der Waals surface area contributed by atoms with Crippen molar-refractivity contribution in [3.63, 3.8) is 0 Å². The van der Waals surface area contributed by atoms with Crippen LogP contribution in [0.2, 0.25) is 0 Å². The van der Waals surface area contributed by atoms with E-state index in [1.165, 1.54) is 0 Å². The summed E-state index contributed by atoms with van der Waals surface area (Å²) in [4.78, 5) is 11.6.